The molecule has 2 unspecified atom stereocenters. The normalized spacial score (nSPS) is 29.8. The third-order valence-electron chi connectivity index (χ3n) is 4.28. The van der Waals surface area contributed by atoms with Gasteiger partial charge in [0.2, 0.25) is 0 Å². The second-order valence-corrected chi connectivity index (χ2v) is 5.19. The van der Waals surface area contributed by atoms with Gasteiger partial charge in [0.05, 0.1) is 0 Å². The van der Waals surface area contributed by atoms with Gasteiger partial charge in [-0.1, -0.05) is 25.7 Å². The van der Waals surface area contributed by atoms with E-state index < -0.39 is 0 Å². The molecule has 15 heavy (non-hydrogen) atoms. The van der Waals surface area contributed by atoms with Gasteiger partial charge in [0.25, 0.3) is 0 Å². The van der Waals surface area contributed by atoms with E-state index in [0.29, 0.717) is 0 Å². The van der Waals surface area contributed by atoms with E-state index in [4.69, 9.17) is 4.74 Å². The number of nitrogens with one attached hydrogen (secondary N) is 1. The Balaban J connectivity index is 1.88. The predicted molar refractivity (Wildman–Crippen MR) is 63.0 cm³/mol. The Morgan fingerprint density at radius 2 is 2.00 bits per heavy atom. The Kier molecular flexibility index (Phi) is 4.45. The minimum Gasteiger partial charge on any atom is -0.385 e. The molecule has 2 rings (SSSR count). The Morgan fingerprint density at radius 3 is 2.60 bits per heavy atom. The van der Waals surface area contributed by atoms with Gasteiger partial charge in [0.1, 0.15) is 0 Å². The molecule has 0 bridgehead atoms. The lowest BCUT2D eigenvalue weighted by molar-refractivity contribution is 0.144. The van der Waals surface area contributed by atoms with Crippen molar-refractivity contribution in [2.75, 3.05) is 20.3 Å². The molecule has 0 spiro atoms. The zero-order chi connectivity index (χ0) is 10.5. The van der Waals surface area contributed by atoms with Gasteiger partial charge >= 0.3 is 0 Å². The van der Waals surface area contributed by atoms with Gasteiger partial charge < -0.3 is 10.1 Å². The van der Waals surface area contributed by atoms with Gasteiger partial charge in [-0.3, -0.25) is 0 Å². The standard InChI is InChI=1S/C13H25NO/c1-15-10-8-12(11-5-2-3-6-11)13-7-4-9-14-13/h11-14H,2-10H2,1H3. The molecule has 0 radical (unpaired) electrons. The Hall–Kier alpha value is -0.0800. The summed E-state index contributed by atoms with van der Waals surface area (Å²) in [5, 5.41) is 3.69. The van der Waals surface area contributed by atoms with Crippen LogP contribution in [-0.4, -0.2) is 26.3 Å². The Labute approximate surface area is 93.8 Å². The molecule has 1 heterocycles. The third-order valence-corrected chi connectivity index (χ3v) is 4.28. The molecule has 1 saturated carbocycles. The summed E-state index contributed by atoms with van der Waals surface area (Å²) in [6.07, 6.45) is 9.88. The first kappa shape index (κ1) is 11.4. The molecule has 2 aliphatic rings. The summed E-state index contributed by atoms with van der Waals surface area (Å²) in [4.78, 5) is 0. The van der Waals surface area contributed by atoms with Gasteiger partial charge in [-0.25, -0.2) is 0 Å². The van der Waals surface area contributed by atoms with Crippen molar-refractivity contribution in [1.29, 1.82) is 0 Å². The van der Waals surface area contributed by atoms with Crippen molar-refractivity contribution in [3.8, 4) is 0 Å². The molecule has 88 valence electrons. The Bertz CT molecular complexity index is 155. The zero-order valence-electron chi connectivity index (χ0n) is 10.0. The number of rotatable bonds is 5. The van der Waals surface area contributed by atoms with Crippen LogP contribution in [-0.2, 0) is 4.74 Å². The molecule has 0 amide bonds. The van der Waals surface area contributed by atoms with Crippen LogP contribution in [0.15, 0.2) is 0 Å². The summed E-state index contributed by atoms with van der Waals surface area (Å²) in [7, 11) is 1.83. The van der Waals surface area contributed by atoms with E-state index in [2.05, 4.69) is 5.32 Å². The molecule has 1 N–H and O–H groups in total. The van der Waals surface area contributed by atoms with E-state index in [1.807, 2.05) is 7.11 Å². The lowest BCUT2D eigenvalue weighted by Crippen LogP contribution is -2.35. The Morgan fingerprint density at radius 1 is 1.20 bits per heavy atom. The number of ether oxygens (including phenoxy) is 1. The van der Waals surface area contributed by atoms with E-state index >= 15 is 0 Å². The monoisotopic (exact) mass is 211 g/mol. The van der Waals surface area contributed by atoms with Crippen molar-refractivity contribution >= 4 is 0 Å². The molecule has 0 aromatic rings. The van der Waals surface area contributed by atoms with Crippen molar-refractivity contribution in [2.24, 2.45) is 11.8 Å². The minimum absolute atomic E-state index is 0.795. The zero-order valence-corrected chi connectivity index (χ0v) is 10.0. The highest BCUT2D eigenvalue weighted by Gasteiger charge is 2.32. The van der Waals surface area contributed by atoms with Crippen LogP contribution in [0.25, 0.3) is 0 Å². The molecule has 2 heteroatoms. The molecule has 1 aliphatic heterocycles. The van der Waals surface area contributed by atoms with Crippen molar-refractivity contribution in [1.82, 2.24) is 5.32 Å². The summed E-state index contributed by atoms with van der Waals surface area (Å²) < 4.78 is 5.26. The second-order valence-electron chi connectivity index (χ2n) is 5.19. The summed E-state index contributed by atoms with van der Waals surface area (Å²) in [6, 6.07) is 0.795. The minimum atomic E-state index is 0.795. The van der Waals surface area contributed by atoms with Crippen molar-refractivity contribution in [2.45, 2.75) is 51.0 Å². The lowest BCUT2D eigenvalue weighted by Gasteiger charge is -2.29. The number of hydrogen-bond donors (Lipinski definition) is 1. The maximum Gasteiger partial charge on any atom is 0.0465 e. The largest absolute Gasteiger partial charge is 0.385 e. The van der Waals surface area contributed by atoms with E-state index in [0.717, 1.165) is 24.5 Å². The highest BCUT2D eigenvalue weighted by atomic mass is 16.5. The molecular weight excluding hydrogens is 186 g/mol. The van der Waals surface area contributed by atoms with E-state index in [9.17, 15) is 0 Å². The maximum atomic E-state index is 5.26. The lowest BCUT2D eigenvalue weighted by atomic mass is 9.82. The second kappa shape index (κ2) is 5.86. The quantitative estimate of drug-likeness (QED) is 0.754. The fourth-order valence-corrected chi connectivity index (χ4v) is 3.48. The van der Waals surface area contributed by atoms with Crippen LogP contribution in [0.3, 0.4) is 0 Å². The smallest absolute Gasteiger partial charge is 0.0465 e. The first-order valence-electron chi connectivity index (χ1n) is 6.64. The molecular formula is C13H25NO. The van der Waals surface area contributed by atoms with Gasteiger partial charge in [-0.2, -0.15) is 0 Å². The summed E-state index contributed by atoms with van der Waals surface area (Å²) >= 11 is 0. The fraction of sp³-hybridized carbons (Fsp3) is 1.00. The summed E-state index contributed by atoms with van der Waals surface area (Å²) in [5.74, 6) is 1.87. The van der Waals surface area contributed by atoms with Crippen LogP contribution in [0.1, 0.15) is 44.9 Å². The molecule has 2 fully saturated rings. The van der Waals surface area contributed by atoms with Crippen LogP contribution < -0.4 is 5.32 Å². The number of hydrogen-bond acceptors (Lipinski definition) is 2. The third kappa shape index (κ3) is 2.94. The molecule has 1 saturated heterocycles. The van der Waals surface area contributed by atoms with Crippen molar-refractivity contribution < 1.29 is 4.74 Å². The van der Waals surface area contributed by atoms with Crippen molar-refractivity contribution in [3.05, 3.63) is 0 Å². The molecule has 2 nitrogen and oxygen atoms in total. The van der Waals surface area contributed by atoms with Crippen LogP contribution >= 0.6 is 0 Å². The average Bonchev–Trinajstić information content (AvgIpc) is 2.90. The van der Waals surface area contributed by atoms with E-state index in [1.54, 1.807) is 0 Å². The first-order valence-corrected chi connectivity index (χ1v) is 6.64. The molecule has 2 atom stereocenters. The summed E-state index contributed by atoms with van der Waals surface area (Å²) in [5.41, 5.74) is 0. The topological polar surface area (TPSA) is 21.3 Å². The molecule has 0 aromatic carbocycles. The van der Waals surface area contributed by atoms with Gasteiger partial charge in [-0.15, -0.1) is 0 Å². The predicted octanol–water partition coefficient (Wildman–Crippen LogP) is 2.58. The SMILES string of the molecule is COCCC(C1CCCC1)C1CCCN1. The maximum absolute atomic E-state index is 5.26. The van der Waals surface area contributed by atoms with Crippen LogP contribution in [0.4, 0.5) is 0 Å². The van der Waals surface area contributed by atoms with Crippen LogP contribution in [0.5, 0.6) is 0 Å². The van der Waals surface area contributed by atoms with Gasteiger partial charge in [-0.05, 0) is 37.6 Å². The summed E-state index contributed by atoms with van der Waals surface area (Å²) in [6.45, 7) is 2.18. The highest BCUT2D eigenvalue weighted by Crippen LogP contribution is 2.36. The van der Waals surface area contributed by atoms with E-state index in [1.165, 1.54) is 51.5 Å². The van der Waals surface area contributed by atoms with Crippen LogP contribution in [0.2, 0.25) is 0 Å². The molecule has 1 aliphatic carbocycles. The highest BCUT2D eigenvalue weighted by molar-refractivity contribution is 4.87. The van der Waals surface area contributed by atoms with Crippen LogP contribution in [0, 0.1) is 11.8 Å². The fourth-order valence-electron chi connectivity index (χ4n) is 3.48. The van der Waals surface area contributed by atoms with Gasteiger partial charge in [0.15, 0.2) is 0 Å². The van der Waals surface area contributed by atoms with Gasteiger partial charge in [0, 0.05) is 19.8 Å². The molecule has 0 aromatic heterocycles. The van der Waals surface area contributed by atoms with Crippen molar-refractivity contribution in [3.63, 3.8) is 0 Å². The first-order chi connectivity index (χ1) is 7.42. The average molecular weight is 211 g/mol. The number of methoxy groups -OCH3 is 1. The van der Waals surface area contributed by atoms with E-state index in [-0.39, 0.29) is 0 Å².